The zero-order chi connectivity index (χ0) is 20.4. The molecule has 4 N–H and O–H groups in total. The maximum absolute atomic E-state index is 6.13. The van der Waals surface area contributed by atoms with E-state index < -0.39 is 0 Å². The number of fused-ring (bicyclic) bond motifs is 3. The molecule has 1 aliphatic rings. The lowest BCUT2D eigenvalue weighted by Crippen LogP contribution is -2.31. The van der Waals surface area contributed by atoms with Crippen LogP contribution in [0.3, 0.4) is 0 Å². The molecule has 9 heteroatoms. The van der Waals surface area contributed by atoms with Gasteiger partial charge in [-0.25, -0.2) is 9.97 Å². The van der Waals surface area contributed by atoms with Crippen molar-refractivity contribution in [2.45, 2.75) is 19.8 Å². The van der Waals surface area contributed by atoms with Crippen molar-refractivity contribution in [3.63, 3.8) is 0 Å². The molecule has 152 valence electrons. The van der Waals surface area contributed by atoms with Crippen LogP contribution in [0.25, 0.3) is 16.6 Å². The zero-order valence-corrected chi connectivity index (χ0v) is 16.8. The topological polar surface area (TPSA) is 120 Å². The lowest BCUT2D eigenvalue weighted by atomic mass is 10.2. The second kappa shape index (κ2) is 8.04. The molecule has 0 aliphatic carbocycles. The lowest BCUT2D eigenvalue weighted by Gasteiger charge is -2.19. The van der Waals surface area contributed by atoms with E-state index in [9.17, 15) is 0 Å². The van der Waals surface area contributed by atoms with Gasteiger partial charge in [0.1, 0.15) is 11.3 Å². The number of para-hydroxylation sites is 1. The second-order valence-corrected chi connectivity index (χ2v) is 7.23. The fourth-order valence-corrected chi connectivity index (χ4v) is 3.62. The standard InChI is InChI=1S/C20H26N8O/c1-13(21)11-14-12-27(9-4-8-23-14)10-7-17-24-19-15-5-3-6-16(29-2)18(15)25-20(22)28(19)26-17/h3,5-6,11H,4,7-10,12,21H2,1-2H3,(H2,22,25). The first-order valence-electron chi connectivity index (χ1n) is 9.72. The van der Waals surface area contributed by atoms with Crippen LogP contribution in [-0.2, 0) is 6.42 Å². The Morgan fingerprint density at radius 1 is 1.31 bits per heavy atom. The van der Waals surface area contributed by atoms with Gasteiger partial charge in [0.15, 0.2) is 11.5 Å². The number of methoxy groups -OCH3 is 1. The molecule has 3 heterocycles. The SMILES string of the molecule is COc1cccc2c1nc(N)n1nc(CCN3CCCN=C(C=C(C)N)C3)nc21. The molecular formula is C20H26N8O. The van der Waals surface area contributed by atoms with Crippen molar-refractivity contribution in [3.8, 4) is 5.75 Å². The summed E-state index contributed by atoms with van der Waals surface area (Å²) >= 11 is 0. The maximum atomic E-state index is 6.13. The Balaban J connectivity index is 1.57. The summed E-state index contributed by atoms with van der Waals surface area (Å²) in [6.07, 6.45) is 3.69. The van der Waals surface area contributed by atoms with Crippen LogP contribution in [0.4, 0.5) is 5.95 Å². The van der Waals surface area contributed by atoms with E-state index in [4.69, 9.17) is 21.2 Å². The highest BCUT2D eigenvalue weighted by atomic mass is 16.5. The van der Waals surface area contributed by atoms with Crippen LogP contribution >= 0.6 is 0 Å². The summed E-state index contributed by atoms with van der Waals surface area (Å²) in [6.45, 7) is 5.32. The molecule has 9 nitrogen and oxygen atoms in total. The zero-order valence-electron chi connectivity index (χ0n) is 16.8. The number of anilines is 1. The molecule has 1 aliphatic heterocycles. The third-order valence-electron chi connectivity index (χ3n) is 4.93. The van der Waals surface area contributed by atoms with Gasteiger partial charge in [-0.15, -0.1) is 5.10 Å². The summed E-state index contributed by atoms with van der Waals surface area (Å²) < 4.78 is 7.01. The fraction of sp³-hybridized carbons (Fsp3) is 0.400. The highest BCUT2D eigenvalue weighted by Crippen LogP contribution is 2.27. The third-order valence-corrected chi connectivity index (χ3v) is 4.93. The minimum absolute atomic E-state index is 0.295. The lowest BCUT2D eigenvalue weighted by molar-refractivity contribution is 0.316. The molecule has 29 heavy (non-hydrogen) atoms. The van der Waals surface area contributed by atoms with Crippen LogP contribution in [0, 0.1) is 0 Å². The number of nitrogen functional groups attached to an aromatic ring is 1. The van der Waals surface area contributed by atoms with E-state index in [0.717, 1.165) is 55.2 Å². The van der Waals surface area contributed by atoms with E-state index >= 15 is 0 Å². The Labute approximate surface area is 169 Å². The van der Waals surface area contributed by atoms with E-state index in [1.165, 1.54) is 0 Å². The number of aromatic nitrogens is 4. The minimum atomic E-state index is 0.295. The van der Waals surface area contributed by atoms with E-state index in [1.807, 2.05) is 31.2 Å². The predicted octanol–water partition coefficient (Wildman–Crippen LogP) is 1.42. The van der Waals surface area contributed by atoms with E-state index in [2.05, 4.69) is 20.0 Å². The number of hydrogen-bond acceptors (Lipinski definition) is 8. The van der Waals surface area contributed by atoms with Gasteiger partial charge >= 0.3 is 0 Å². The Kier molecular flexibility index (Phi) is 5.30. The van der Waals surface area contributed by atoms with Crippen LogP contribution in [0.2, 0.25) is 0 Å². The van der Waals surface area contributed by atoms with Crippen LogP contribution < -0.4 is 16.2 Å². The number of aliphatic imine (C=N–C) groups is 1. The molecule has 0 unspecified atom stereocenters. The van der Waals surface area contributed by atoms with Crippen molar-refractivity contribution in [1.29, 1.82) is 0 Å². The van der Waals surface area contributed by atoms with Gasteiger partial charge in [-0.3, -0.25) is 9.89 Å². The normalized spacial score (nSPS) is 16.2. The molecule has 0 spiro atoms. The maximum Gasteiger partial charge on any atom is 0.223 e. The van der Waals surface area contributed by atoms with Crippen LogP contribution in [0.5, 0.6) is 5.75 Å². The number of nitrogens with two attached hydrogens (primary N) is 2. The summed E-state index contributed by atoms with van der Waals surface area (Å²) in [5.41, 5.74) is 15.1. The molecule has 0 bridgehead atoms. The molecule has 0 fully saturated rings. The van der Waals surface area contributed by atoms with Gasteiger partial charge < -0.3 is 16.2 Å². The predicted molar refractivity (Wildman–Crippen MR) is 114 cm³/mol. The first kappa shape index (κ1) is 19.1. The van der Waals surface area contributed by atoms with E-state index in [0.29, 0.717) is 29.3 Å². The van der Waals surface area contributed by atoms with Crippen molar-refractivity contribution in [2.75, 3.05) is 39.0 Å². The largest absolute Gasteiger partial charge is 0.494 e. The van der Waals surface area contributed by atoms with Gasteiger partial charge in [-0.1, -0.05) is 6.07 Å². The first-order chi connectivity index (χ1) is 14.0. The monoisotopic (exact) mass is 394 g/mol. The van der Waals surface area contributed by atoms with E-state index in [1.54, 1.807) is 11.6 Å². The molecule has 3 aromatic rings. The molecule has 1 aromatic carbocycles. The van der Waals surface area contributed by atoms with Gasteiger partial charge in [0, 0.05) is 43.7 Å². The van der Waals surface area contributed by atoms with Crippen LogP contribution in [0.1, 0.15) is 19.2 Å². The van der Waals surface area contributed by atoms with Crippen molar-refractivity contribution in [2.24, 2.45) is 10.7 Å². The second-order valence-electron chi connectivity index (χ2n) is 7.23. The average Bonchev–Trinajstić information content (AvgIpc) is 3.01. The molecule has 0 radical (unpaired) electrons. The Morgan fingerprint density at radius 3 is 2.97 bits per heavy atom. The number of benzene rings is 1. The van der Waals surface area contributed by atoms with Crippen molar-refractivity contribution in [1.82, 2.24) is 24.5 Å². The third kappa shape index (κ3) is 4.00. The Morgan fingerprint density at radius 2 is 2.17 bits per heavy atom. The first-order valence-corrected chi connectivity index (χ1v) is 9.72. The fourth-order valence-electron chi connectivity index (χ4n) is 3.62. The number of allylic oxidation sites excluding steroid dienone is 1. The molecule has 0 saturated carbocycles. The van der Waals surface area contributed by atoms with Gasteiger partial charge in [0.25, 0.3) is 0 Å². The van der Waals surface area contributed by atoms with Gasteiger partial charge in [0.05, 0.1) is 12.8 Å². The molecule has 2 aromatic heterocycles. The van der Waals surface area contributed by atoms with Gasteiger partial charge in [-0.05, 0) is 31.6 Å². The number of rotatable bonds is 5. The number of ether oxygens (including phenoxy) is 1. The summed E-state index contributed by atoms with van der Waals surface area (Å²) in [7, 11) is 1.62. The highest BCUT2D eigenvalue weighted by Gasteiger charge is 2.16. The summed E-state index contributed by atoms with van der Waals surface area (Å²) in [5.74, 6) is 1.70. The minimum Gasteiger partial charge on any atom is -0.494 e. The van der Waals surface area contributed by atoms with Crippen molar-refractivity contribution < 1.29 is 4.74 Å². The summed E-state index contributed by atoms with van der Waals surface area (Å²) in [6, 6.07) is 5.73. The van der Waals surface area contributed by atoms with Crippen LogP contribution in [0.15, 0.2) is 35.0 Å². The van der Waals surface area contributed by atoms with Crippen LogP contribution in [-0.4, -0.2) is 63.5 Å². The Bertz CT molecular complexity index is 1100. The Hall–Kier alpha value is -3.20. The quantitative estimate of drug-likeness (QED) is 0.671. The molecule has 4 rings (SSSR count). The summed E-state index contributed by atoms with van der Waals surface area (Å²) in [4.78, 5) is 16.2. The molecule has 0 saturated heterocycles. The number of hydrogen-bond donors (Lipinski definition) is 2. The van der Waals surface area contributed by atoms with Crippen molar-refractivity contribution >= 4 is 28.2 Å². The highest BCUT2D eigenvalue weighted by molar-refractivity contribution is 5.97. The average molecular weight is 394 g/mol. The summed E-state index contributed by atoms with van der Waals surface area (Å²) in [5, 5.41) is 5.45. The number of nitrogens with zero attached hydrogens (tertiary/aromatic N) is 6. The smallest absolute Gasteiger partial charge is 0.223 e. The van der Waals surface area contributed by atoms with Crippen molar-refractivity contribution in [3.05, 3.63) is 35.8 Å². The molecule has 0 atom stereocenters. The van der Waals surface area contributed by atoms with Gasteiger partial charge in [0.2, 0.25) is 5.95 Å². The van der Waals surface area contributed by atoms with Gasteiger partial charge in [-0.2, -0.15) is 4.52 Å². The molecular weight excluding hydrogens is 368 g/mol. The van der Waals surface area contributed by atoms with E-state index in [-0.39, 0.29) is 0 Å². The molecule has 0 amide bonds.